The number of piperidine rings is 1. The van der Waals surface area contributed by atoms with Gasteiger partial charge in [-0.3, -0.25) is 0 Å². The molecule has 2 aliphatic rings. The minimum atomic E-state index is -0.0445. The third-order valence-electron chi connectivity index (χ3n) is 7.56. The molecular weight excluding hydrogens is 452 g/mol. The van der Waals surface area contributed by atoms with Gasteiger partial charge in [0.1, 0.15) is 18.4 Å². The van der Waals surface area contributed by atoms with Crippen LogP contribution in [0.1, 0.15) is 50.6 Å². The zero-order valence-electron chi connectivity index (χ0n) is 21.1. The van der Waals surface area contributed by atoms with Gasteiger partial charge < -0.3 is 24.3 Å². The number of rotatable bonds is 7. The lowest BCUT2D eigenvalue weighted by Gasteiger charge is -2.30. The first-order valence-corrected chi connectivity index (χ1v) is 12.9. The number of anilines is 1. The van der Waals surface area contributed by atoms with E-state index in [0.29, 0.717) is 30.7 Å². The van der Waals surface area contributed by atoms with Gasteiger partial charge in [0.05, 0.1) is 23.4 Å². The van der Waals surface area contributed by atoms with Gasteiger partial charge in [0.2, 0.25) is 0 Å². The van der Waals surface area contributed by atoms with Crippen LogP contribution in [-0.4, -0.2) is 48.9 Å². The minimum Gasteiger partial charge on any atom is -0.491 e. The fourth-order valence-electron chi connectivity index (χ4n) is 5.17. The fourth-order valence-corrected chi connectivity index (χ4v) is 5.17. The second-order valence-corrected chi connectivity index (χ2v) is 9.99. The van der Waals surface area contributed by atoms with Crippen molar-refractivity contribution in [1.29, 1.82) is 5.26 Å². The molecule has 1 saturated carbocycles. The predicted molar refractivity (Wildman–Crippen MR) is 141 cm³/mol. The van der Waals surface area contributed by atoms with Gasteiger partial charge in [-0.05, 0) is 67.9 Å². The van der Waals surface area contributed by atoms with Crippen LogP contribution in [0.25, 0.3) is 22.2 Å². The number of ether oxygens (including phenoxy) is 2. The highest BCUT2D eigenvalue weighted by molar-refractivity contribution is 5.96. The molecule has 1 N–H and O–H groups in total. The van der Waals surface area contributed by atoms with E-state index in [0.717, 1.165) is 72.4 Å². The van der Waals surface area contributed by atoms with Gasteiger partial charge in [-0.15, -0.1) is 0 Å². The van der Waals surface area contributed by atoms with E-state index in [4.69, 9.17) is 9.47 Å². The van der Waals surface area contributed by atoms with E-state index >= 15 is 0 Å². The number of hydrogen-bond acceptors (Lipinski definition) is 4. The summed E-state index contributed by atoms with van der Waals surface area (Å²) >= 11 is 0. The first kappa shape index (κ1) is 24.2. The van der Waals surface area contributed by atoms with E-state index in [2.05, 4.69) is 22.9 Å². The van der Waals surface area contributed by atoms with Crippen molar-refractivity contribution < 1.29 is 14.3 Å². The van der Waals surface area contributed by atoms with Crippen LogP contribution in [-0.2, 0) is 4.74 Å². The predicted octanol–water partition coefficient (Wildman–Crippen LogP) is 6.19. The Bertz CT molecular complexity index is 1260. The van der Waals surface area contributed by atoms with Crippen LogP contribution in [0.15, 0.2) is 42.5 Å². The summed E-state index contributed by atoms with van der Waals surface area (Å²) in [4.78, 5) is 14.6. The molecule has 0 spiro atoms. The first-order chi connectivity index (χ1) is 17.6. The third-order valence-corrected chi connectivity index (χ3v) is 7.56. The molecule has 1 aliphatic carbocycles. The summed E-state index contributed by atoms with van der Waals surface area (Å²) in [5.41, 5.74) is 4.38. The van der Waals surface area contributed by atoms with Crippen molar-refractivity contribution in [3.8, 4) is 23.1 Å². The van der Waals surface area contributed by atoms with Crippen molar-refractivity contribution in [2.24, 2.45) is 5.92 Å². The zero-order valence-corrected chi connectivity index (χ0v) is 21.1. The van der Waals surface area contributed by atoms with Crippen LogP contribution >= 0.6 is 0 Å². The standard InChI is InChI=1S/C29H34N4O3/c1-20-12-14-32(15-13-20)29(34)31-22-8-6-21(7-9-22)28-26(19-30)25-11-10-24(36-17-16-35-2)18-27(25)33(28)23-4-3-5-23/h6-11,18,20,23H,3-5,12-17H2,1-2H3,(H,31,34). The molecule has 1 aliphatic heterocycles. The summed E-state index contributed by atoms with van der Waals surface area (Å²) in [6.07, 6.45) is 5.48. The summed E-state index contributed by atoms with van der Waals surface area (Å²) in [7, 11) is 1.66. The smallest absolute Gasteiger partial charge is 0.321 e. The number of nitriles is 1. The molecule has 0 radical (unpaired) electrons. The van der Waals surface area contributed by atoms with E-state index in [1.807, 2.05) is 47.4 Å². The number of amides is 2. The average Bonchev–Trinajstić information content (AvgIpc) is 3.17. The van der Waals surface area contributed by atoms with Crippen molar-refractivity contribution in [3.63, 3.8) is 0 Å². The van der Waals surface area contributed by atoms with Crippen LogP contribution in [0.3, 0.4) is 0 Å². The Balaban J connectivity index is 1.45. The molecule has 2 fully saturated rings. The maximum absolute atomic E-state index is 12.7. The third kappa shape index (κ3) is 4.78. The molecule has 2 amide bonds. The van der Waals surface area contributed by atoms with Crippen LogP contribution in [0.2, 0.25) is 0 Å². The van der Waals surface area contributed by atoms with Gasteiger partial charge in [0.15, 0.2) is 0 Å². The lowest BCUT2D eigenvalue weighted by molar-refractivity contribution is 0.146. The van der Waals surface area contributed by atoms with Gasteiger partial charge >= 0.3 is 6.03 Å². The van der Waals surface area contributed by atoms with E-state index in [1.165, 1.54) is 6.42 Å². The highest BCUT2D eigenvalue weighted by Gasteiger charge is 2.28. The number of carbonyl (C=O) groups is 1. The minimum absolute atomic E-state index is 0.0445. The molecule has 188 valence electrons. The molecule has 7 nitrogen and oxygen atoms in total. The number of urea groups is 1. The molecule has 1 saturated heterocycles. The van der Waals surface area contributed by atoms with Gasteiger partial charge in [0, 0.05) is 43.4 Å². The number of methoxy groups -OCH3 is 1. The van der Waals surface area contributed by atoms with Crippen LogP contribution in [0, 0.1) is 17.2 Å². The Kier molecular flexibility index (Phi) is 7.15. The van der Waals surface area contributed by atoms with Gasteiger partial charge in [-0.25, -0.2) is 4.79 Å². The van der Waals surface area contributed by atoms with Gasteiger partial charge in [-0.1, -0.05) is 19.1 Å². The highest BCUT2D eigenvalue weighted by atomic mass is 16.5. The molecule has 0 atom stereocenters. The van der Waals surface area contributed by atoms with Crippen LogP contribution < -0.4 is 10.1 Å². The topological polar surface area (TPSA) is 79.5 Å². The molecule has 7 heteroatoms. The Morgan fingerprint density at radius 3 is 2.47 bits per heavy atom. The lowest BCUT2D eigenvalue weighted by Crippen LogP contribution is -2.40. The van der Waals surface area contributed by atoms with Gasteiger partial charge in [0.25, 0.3) is 0 Å². The summed E-state index contributed by atoms with van der Waals surface area (Å²) in [5.74, 6) is 1.46. The Labute approximate surface area is 212 Å². The van der Waals surface area contributed by atoms with E-state index in [-0.39, 0.29) is 6.03 Å². The summed E-state index contributed by atoms with van der Waals surface area (Å²) in [6, 6.07) is 16.6. The largest absolute Gasteiger partial charge is 0.491 e. The maximum atomic E-state index is 12.7. The van der Waals surface area contributed by atoms with Crippen molar-refractivity contribution >= 4 is 22.6 Å². The molecule has 36 heavy (non-hydrogen) atoms. The quantitative estimate of drug-likeness (QED) is 0.404. The number of likely N-dealkylation sites (tertiary alicyclic amines) is 1. The molecule has 0 unspecified atom stereocenters. The maximum Gasteiger partial charge on any atom is 0.321 e. The second kappa shape index (κ2) is 10.6. The van der Waals surface area contributed by atoms with Crippen molar-refractivity contribution in [1.82, 2.24) is 9.47 Å². The van der Waals surface area contributed by atoms with Gasteiger partial charge in [-0.2, -0.15) is 5.26 Å². The molecule has 2 aromatic carbocycles. The van der Waals surface area contributed by atoms with E-state index in [9.17, 15) is 10.1 Å². The number of benzene rings is 2. The number of fused-ring (bicyclic) bond motifs is 1. The second-order valence-electron chi connectivity index (χ2n) is 9.99. The molecule has 1 aromatic heterocycles. The Hall–Kier alpha value is -3.50. The van der Waals surface area contributed by atoms with Crippen LogP contribution in [0.5, 0.6) is 5.75 Å². The molecule has 2 heterocycles. The number of nitrogens with zero attached hydrogens (tertiary/aromatic N) is 3. The fraction of sp³-hybridized carbons (Fsp3) is 0.448. The van der Waals surface area contributed by atoms with Crippen molar-refractivity contribution in [2.75, 3.05) is 38.7 Å². The monoisotopic (exact) mass is 486 g/mol. The van der Waals surface area contributed by atoms with E-state index < -0.39 is 0 Å². The molecule has 3 aromatic rings. The molecular formula is C29H34N4O3. The molecule has 5 rings (SSSR count). The van der Waals surface area contributed by atoms with Crippen LogP contribution in [0.4, 0.5) is 10.5 Å². The lowest BCUT2D eigenvalue weighted by atomic mass is 9.92. The normalized spacial score (nSPS) is 16.5. The first-order valence-electron chi connectivity index (χ1n) is 12.9. The SMILES string of the molecule is COCCOc1ccc2c(C#N)c(-c3ccc(NC(=O)N4CCC(C)CC4)cc3)n(C3CCC3)c2c1. The number of aromatic nitrogens is 1. The average molecular weight is 487 g/mol. The number of hydrogen-bond donors (Lipinski definition) is 1. The van der Waals surface area contributed by atoms with Crippen molar-refractivity contribution in [2.45, 2.75) is 45.1 Å². The highest BCUT2D eigenvalue weighted by Crippen LogP contribution is 2.43. The zero-order chi connectivity index (χ0) is 25.1. The number of nitrogens with one attached hydrogen (secondary N) is 1. The number of carbonyl (C=O) groups excluding carboxylic acids is 1. The Morgan fingerprint density at radius 2 is 1.83 bits per heavy atom. The summed E-state index contributed by atoms with van der Waals surface area (Å²) < 4.78 is 13.3. The molecule has 0 bridgehead atoms. The summed E-state index contributed by atoms with van der Waals surface area (Å²) in [6.45, 7) is 4.84. The van der Waals surface area contributed by atoms with E-state index in [1.54, 1.807) is 7.11 Å². The Morgan fingerprint density at radius 1 is 1.08 bits per heavy atom. The van der Waals surface area contributed by atoms with Crippen molar-refractivity contribution in [3.05, 3.63) is 48.0 Å². The summed E-state index contributed by atoms with van der Waals surface area (Å²) in [5, 5.41) is 14.1.